The fourth-order valence-electron chi connectivity index (χ4n) is 2.76. The Kier molecular flexibility index (Phi) is 3.57. The Morgan fingerprint density at radius 2 is 1.38 bits per heavy atom. The molecule has 0 fully saturated rings. The molecule has 3 nitrogen and oxygen atoms in total. The van der Waals surface area contributed by atoms with Crippen molar-refractivity contribution in [1.29, 1.82) is 0 Å². The van der Waals surface area contributed by atoms with Crippen molar-refractivity contribution < 1.29 is 9.59 Å². The minimum absolute atomic E-state index is 0.0994. The van der Waals surface area contributed by atoms with Crippen LogP contribution in [-0.2, 0) is 6.42 Å². The topological polar surface area (TPSA) is 37.4 Å². The molecule has 0 bridgehead atoms. The first-order valence-corrected chi connectivity index (χ1v) is 7.19. The van der Waals surface area contributed by atoms with Crippen molar-refractivity contribution in [3.05, 3.63) is 71.3 Å². The van der Waals surface area contributed by atoms with E-state index in [0.29, 0.717) is 11.1 Å². The van der Waals surface area contributed by atoms with Gasteiger partial charge in [-0.1, -0.05) is 42.5 Å². The Bertz CT molecular complexity index is 644. The zero-order valence-electron chi connectivity index (χ0n) is 12.0. The molecule has 0 saturated heterocycles. The van der Waals surface area contributed by atoms with E-state index in [2.05, 4.69) is 12.1 Å². The average Bonchev–Trinajstić information content (AvgIpc) is 2.78. The maximum atomic E-state index is 12.4. The van der Waals surface area contributed by atoms with Crippen molar-refractivity contribution in [2.75, 3.05) is 0 Å². The average molecular weight is 279 g/mol. The van der Waals surface area contributed by atoms with E-state index < -0.39 is 0 Å². The van der Waals surface area contributed by atoms with Gasteiger partial charge in [0.2, 0.25) is 0 Å². The van der Waals surface area contributed by atoms with Gasteiger partial charge >= 0.3 is 0 Å². The summed E-state index contributed by atoms with van der Waals surface area (Å²) in [5.74, 6) is -0.340. The molecule has 3 heteroatoms. The van der Waals surface area contributed by atoms with Crippen molar-refractivity contribution in [3.8, 4) is 0 Å². The van der Waals surface area contributed by atoms with Gasteiger partial charge in [-0.15, -0.1) is 0 Å². The molecule has 0 radical (unpaired) electrons. The molecule has 0 N–H and O–H groups in total. The predicted molar refractivity (Wildman–Crippen MR) is 81.2 cm³/mol. The van der Waals surface area contributed by atoms with Crippen LogP contribution in [0, 0.1) is 0 Å². The second kappa shape index (κ2) is 5.52. The van der Waals surface area contributed by atoms with Crippen LogP contribution >= 0.6 is 0 Å². The highest BCUT2D eigenvalue weighted by molar-refractivity contribution is 6.21. The SMILES string of the molecule is C[C@@H](CCc1ccccc1)N1C(=O)c2ccccc2C1=O. The highest BCUT2D eigenvalue weighted by Gasteiger charge is 2.37. The molecule has 2 aromatic carbocycles. The lowest BCUT2D eigenvalue weighted by molar-refractivity contribution is 0.0590. The van der Waals surface area contributed by atoms with Gasteiger partial charge in [0.05, 0.1) is 11.1 Å². The summed E-state index contributed by atoms with van der Waals surface area (Å²) in [6.45, 7) is 1.94. The molecule has 1 aliphatic heterocycles. The molecule has 1 heterocycles. The Balaban J connectivity index is 1.73. The number of rotatable bonds is 4. The van der Waals surface area contributed by atoms with Crippen molar-refractivity contribution in [3.63, 3.8) is 0 Å². The molecule has 0 aliphatic carbocycles. The monoisotopic (exact) mass is 279 g/mol. The summed E-state index contributed by atoms with van der Waals surface area (Å²) in [6.07, 6.45) is 1.63. The van der Waals surface area contributed by atoms with Crippen LogP contribution < -0.4 is 0 Å². The van der Waals surface area contributed by atoms with E-state index in [9.17, 15) is 9.59 Å². The molecule has 0 aromatic heterocycles. The molecule has 3 rings (SSSR count). The summed E-state index contributed by atoms with van der Waals surface area (Å²) in [4.78, 5) is 26.1. The molecule has 21 heavy (non-hydrogen) atoms. The molecule has 0 spiro atoms. The first kappa shape index (κ1) is 13.6. The lowest BCUT2D eigenvalue weighted by Gasteiger charge is -2.22. The minimum atomic E-state index is -0.170. The third kappa shape index (κ3) is 2.47. The van der Waals surface area contributed by atoms with Gasteiger partial charge < -0.3 is 0 Å². The highest BCUT2D eigenvalue weighted by atomic mass is 16.2. The van der Waals surface area contributed by atoms with Gasteiger partial charge in [0.1, 0.15) is 0 Å². The van der Waals surface area contributed by atoms with Gasteiger partial charge in [-0.3, -0.25) is 14.5 Å². The van der Waals surface area contributed by atoms with E-state index in [4.69, 9.17) is 0 Å². The van der Waals surface area contributed by atoms with E-state index in [1.807, 2.05) is 25.1 Å². The van der Waals surface area contributed by atoms with Gasteiger partial charge in [0.25, 0.3) is 11.8 Å². The van der Waals surface area contributed by atoms with E-state index >= 15 is 0 Å². The smallest absolute Gasteiger partial charge is 0.261 e. The number of imide groups is 1. The molecule has 2 aromatic rings. The van der Waals surface area contributed by atoms with E-state index in [1.54, 1.807) is 24.3 Å². The number of hydrogen-bond donors (Lipinski definition) is 0. The normalized spacial score (nSPS) is 15.2. The molecular formula is C18H17NO2. The van der Waals surface area contributed by atoms with Gasteiger partial charge in [0.15, 0.2) is 0 Å². The minimum Gasteiger partial charge on any atom is -0.271 e. The molecule has 106 valence electrons. The van der Waals surface area contributed by atoms with Crippen LogP contribution in [-0.4, -0.2) is 22.8 Å². The summed E-state index contributed by atoms with van der Waals surface area (Å²) < 4.78 is 0. The van der Waals surface area contributed by atoms with Crippen LogP contribution in [0.1, 0.15) is 39.6 Å². The van der Waals surface area contributed by atoms with Crippen LogP contribution in [0.15, 0.2) is 54.6 Å². The van der Waals surface area contributed by atoms with E-state index in [0.717, 1.165) is 12.8 Å². The van der Waals surface area contributed by atoms with Gasteiger partial charge in [0, 0.05) is 6.04 Å². The molecule has 0 saturated carbocycles. The number of carbonyl (C=O) groups is 2. The largest absolute Gasteiger partial charge is 0.271 e. The van der Waals surface area contributed by atoms with Crippen LogP contribution in [0.5, 0.6) is 0 Å². The Hall–Kier alpha value is -2.42. The fraction of sp³-hybridized carbons (Fsp3) is 0.222. The van der Waals surface area contributed by atoms with Crippen LogP contribution in [0.25, 0.3) is 0 Å². The number of nitrogens with zero attached hydrogens (tertiary/aromatic N) is 1. The first-order chi connectivity index (χ1) is 10.2. The zero-order valence-corrected chi connectivity index (χ0v) is 12.0. The van der Waals surface area contributed by atoms with Gasteiger partial charge in [-0.25, -0.2) is 0 Å². The third-order valence-corrected chi connectivity index (χ3v) is 3.96. The summed E-state index contributed by atoms with van der Waals surface area (Å²) in [5.41, 5.74) is 2.27. The fourth-order valence-corrected chi connectivity index (χ4v) is 2.76. The zero-order chi connectivity index (χ0) is 14.8. The Morgan fingerprint density at radius 3 is 1.95 bits per heavy atom. The van der Waals surface area contributed by atoms with Crippen molar-refractivity contribution in [1.82, 2.24) is 4.90 Å². The van der Waals surface area contributed by atoms with Crippen molar-refractivity contribution in [2.24, 2.45) is 0 Å². The molecular weight excluding hydrogens is 262 g/mol. The summed E-state index contributed by atoms with van der Waals surface area (Å²) in [6, 6.07) is 17.0. The highest BCUT2D eigenvalue weighted by Crippen LogP contribution is 2.25. The Morgan fingerprint density at radius 1 is 0.857 bits per heavy atom. The van der Waals surface area contributed by atoms with Crippen LogP contribution in [0.4, 0.5) is 0 Å². The van der Waals surface area contributed by atoms with Crippen molar-refractivity contribution >= 4 is 11.8 Å². The van der Waals surface area contributed by atoms with Crippen LogP contribution in [0.3, 0.4) is 0 Å². The lowest BCUT2D eigenvalue weighted by atomic mass is 10.1. The third-order valence-electron chi connectivity index (χ3n) is 3.96. The van der Waals surface area contributed by atoms with E-state index in [1.165, 1.54) is 10.5 Å². The quantitative estimate of drug-likeness (QED) is 0.805. The number of aryl methyl sites for hydroxylation is 1. The number of hydrogen-bond acceptors (Lipinski definition) is 2. The predicted octanol–water partition coefficient (Wildman–Crippen LogP) is 3.30. The molecule has 0 unspecified atom stereocenters. The van der Waals surface area contributed by atoms with E-state index in [-0.39, 0.29) is 17.9 Å². The standard InChI is InChI=1S/C18H17NO2/c1-13(11-12-14-7-3-2-4-8-14)19-17(20)15-9-5-6-10-16(15)18(19)21/h2-10,13H,11-12H2,1H3/t13-/m0/s1. The summed E-state index contributed by atoms with van der Waals surface area (Å²) >= 11 is 0. The molecule has 2 amide bonds. The summed E-state index contributed by atoms with van der Waals surface area (Å²) in [7, 11) is 0. The lowest BCUT2D eigenvalue weighted by Crippen LogP contribution is -2.38. The molecule has 1 aliphatic rings. The number of carbonyl (C=O) groups excluding carboxylic acids is 2. The first-order valence-electron chi connectivity index (χ1n) is 7.19. The Labute approximate surface area is 124 Å². The van der Waals surface area contributed by atoms with Gasteiger partial charge in [-0.05, 0) is 37.5 Å². The maximum Gasteiger partial charge on any atom is 0.261 e. The second-order valence-electron chi connectivity index (χ2n) is 5.40. The number of benzene rings is 2. The maximum absolute atomic E-state index is 12.4. The number of fused-ring (bicyclic) bond motifs is 1. The second-order valence-corrected chi connectivity index (χ2v) is 5.40. The van der Waals surface area contributed by atoms with Gasteiger partial charge in [-0.2, -0.15) is 0 Å². The van der Waals surface area contributed by atoms with Crippen molar-refractivity contribution in [2.45, 2.75) is 25.8 Å². The molecule has 1 atom stereocenters. The number of amides is 2. The summed E-state index contributed by atoms with van der Waals surface area (Å²) in [5, 5.41) is 0. The van der Waals surface area contributed by atoms with Crippen LogP contribution in [0.2, 0.25) is 0 Å².